The Hall–Kier alpha value is -3.00. The van der Waals surface area contributed by atoms with Gasteiger partial charge in [-0.1, -0.05) is 18.2 Å². The van der Waals surface area contributed by atoms with E-state index in [9.17, 15) is 24.1 Å². The van der Waals surface area contributed by atoms with Gasteiger partial charge in [0.05, 0.1) is 10.7 Å². The number of nitro benzene ring substituents is 1. The molecule has 0 saturated heterocycles. The highest BCUT2D eigenvalue weighted by atomic mass is 32.2. The second kappa shape index (κ2) is 8.20. The van der Waals surface area contributed by atoms with E-state index in [0.29, 0.717) is 5.56 Å². The third-order valence-corrected chi connectivity index (χ3v) is 4.11. The maximum Gasteiger partial charge on any atom is 0.313 e. The highest BCUT2D eigenvalue weighted by molar-refractivity contribution is 8.00. The topological polar surface area (TPSA) is 97.5 Å². The molecule has 0 aliphatic rings. The maximum atomic E-state index is 13.9. The number of carboxylic acid groups (broad SMARTS) is 1. The van der Waals surface area contributed by atoms with E-state index in [2.05, 4.69) is 0 Å². The first-order chi connectivity index (χ1) is 11.9. The summed E-state index contributed by atoms with van der Waals surface area (Å²) < 4.78 is 13.9. The summed E-state index contributed by atoms with van der Waals surface area (Å²) in [5.74, 6) is -2.50. The van der Waals surface area contributed by atoms with Crippen LogP contribution in [-0.2, 0) is 4.79 Å². The number of allylic oxidation sites excluding steroid dienone is 1. The zero-order valence-corrected chi connectivity index (χ0v) is 13.5. The van der Waals surface area contributed by atoms with Crippen molar-refractivity contribution in [2.24, 2.45) is 0 Å². The van der Waals surface area contributed by atoms with Crippen molar-refractivity contribution in [3.8, 4) is 0 Å². The van der Waals surface area contributed by atoms with Crippen LogP contribution in [0.5, 0.6) is 0 Å². The monoisotopic (exact) mass is 361 g/mol. The quantitative estimate of drug-likeness (QED) is 0.265. The fraction of sp³-hybridized carbons (Fsp3) is 0.0588. The summed E-state index contributed by atoms with van der Waals surface area (Å²) >= 11 is 0.822. The first-order valence-corrected chi connectivity index (χ1v) is 7.96. The van der Waals surface area contributed by atoms with Gasteiger partial charge in [-0.3, -0.25) is 19.7 Å². The van der Waals surface area contributed by atoms with Gasteiger partial charge >= 0.3 is 5.97 Å². The van der Waals surface area contributed by atoms with E-state index in [0.717, 1.165) is 17.8 Å². The molecule has 0 fully saturated rings. The number of non-ortho nitro benzene ring substituents is 1. The summed E-state index contributed by atoms with van der Waals surface area (Å²) in [4.78, 5) is 32.9. The fourth-order valence-corrected chi connectivity index (χ4v) is 2.56. The zero-order valence-electron chi connectivity index (χ0n) is 12.7. The van der Waals surface area contributed by atoms with Crippen LogP contribution >= 0.6 is 11.8 Å². The molecule has 2 aromatic carbocycles. The second-order valence-electron chi connectivity index (χ2n) is 4.88. The van der Waals surface area contributed by atoms with Gasteiger partial charge in [0.25, 0.3) is 5.69 Å². The SMILES string of the molecule is O=C(O)CSc1ccc(C(=O)/C=C/c2cccc([N+](=O)[O-])c2)cc1F. The number of benzene rings is 2. The second-order valence-corrected chi connectivity index (χ2v) is 5.89. The molecule has 1 N–H and O–H groups in total. The lowest BCUT2D eigenvalue weighted by atomic mass is 10.1. The van der Waals surface area contributed by atoms with Gasteiger partial charge < -0.3 is 5.11 Å². The predicted molar refractivity (Wildman–Crippen MR) is 91.2 cm³/mol. The van der Waals surface area contributed by atoms with Crippen LogP contribution in [0.1, 0.15) is 15.9 Å². The molecule has 128 valence electrons. The Kier molecular flexibility index (Phi) is 6.02. The lowest BCUT2D eigenvalue weighted by Gasteiger charge is -2.03. The summed E-state index contributed by atoms with van der Waals surface area (Å²) in [6.07, 6.45) is 2.60. The number of halogens is 1. The highest BCUT2D eigenvalue weighted by Gasteiger charge is 2.10. The number of hydrogen-bond acceptors (Lipinski definition) is 5. The van der Waals surface area contributed by atoms with E-state index in [1.165, 1.54) is 42.5 Å². The lowest BCUT2D eigenvalue weighted by Crippen LogP contribution is -2.00. The normalized spacial score (nSPS) is 10.8. The number of hydrogen-bond donors (Lipinski definition) is 1. The molecule has 0 aliphatic carbocycles. The van der Waals surface area contributed by atoms with Crippen LogP contribution in [0.15, 0.2) is 53.4 Å². The Bertz CT molecular complexity index is 866. The van der Waals surface area contributed by atoms with E-state index in [1.54, 1.807) is 6.07 Å². The summed E-state index contributed by atoms with van der Waals surface area (Å²) in [5, 5.41) is 19.3. The summed E-state index contributed by atoms with van der Waals surface area (Å²) in [7, 11) is 0. The van der Waals surface area contributed by atoms with Crippen LogP contribution in [-0.4, -0.2) is 27.5 Å². The molecule has 0 atom stereocenters. The van der Waals surface area contributed by atoms with Crippen molar-refractivity contribution in [2.45, 2.75) is 4.90 Å². The standard InChI is InChI=1S/C17H12FNO5S/c18-14-9-12(5-7-16(14)25-10-17(21)22)15(20)6-4-11-2-1-3-13(8-11)19(23)24/h1-9H,10H2,(H,21,22)/b6-4+. The fourth-order valence-electron chi connectivity index (χ4n) is 1.92. The van der Waals surface area contributed by atoms with Crippen molar-refractivity contribution in [3.63, 3.8) is 0 Å². The molecule has 8 heteroatoms. The first-order valence-electron chi connectivity index (χ1n) is 6.98. The van der Waals surface area contributed by atoms with Gasteiger partial charge in [-0.05, 0) is 29.8 Å². The van der Waals surface area contributed by atoms with Crippen LogP contribution in [0.3, 0.4) is 0 Å². The van der Waals surface area contributed by atoms with Crippen molar-refractivity contribution < 1.29 is 24.0 Å². The molecule has 0 spiro atoms. The van der Waals surface area contributed by atoms with Gasteiger partial charge in [0.15, 0.2) is 5.78 Å². The molecule has 0 saturated carbocycles. The largest absolute Gasteiger partial charge is 0.481 e. The van der Waals surface area contributed by atoms with E-state index >= 15 is 0 Å². The minimum Gasteiger partial charge on any atom is -0.481 e. The maximum absolute atomic E-state index is 13.9. The van der Waals surface area contributed by atoms with Crippen LogP contribution in [0, 0.1) is 15.9 Å². The van der Waals surface area contributed by atoms with Gasteiger partial charge in [-0.2, -0.15) is 0 Å². The molecule has 0 bridgehead atoms. The van der Waals surface area contributed by atoms with E-state index < -0.39 is 22.5 Å². The molecule has 2 rings (SSSR count). The van der Waals surface area contributed by atoms with Gasteiger partial charge in [0.2, 0.25) is 0 Å². The lowest BCUT2D eigenvalue weighted by molar-refractivity contribution is -0.384. The van der Waals surface area contributed by atoms with Gasteiger partial charge in [0, 0.05) is 22.6 Å². The van der Waals surface area contributed by atoms with Crippen molar-refractivity contribution in [3.05, 3.63) is 75.6 Å². The first kappa shape index (κ1) is 18.3. The number of rotatable bonds is 7. The van der Waals surface area contributed by atoms with Gasteiger partial charge in [0.1, 0.15) is 5.82 Å². The molecule has 0 aromatic heterocycles. The Morgan fingerprint density at radius 1 is 1.24 bits per heavy atom. The summed E-state index contributed by atoms with van der Waals surface area (Å²) in [6.45, 7) is 0. The molecule has 0 unspecified atom stereocenters. The minimum absolute atomic E-state index is 0.0962. The third-order valence-electron chi connectivity index (χ3n) is 3.08. The van der Waals surface area contributed by atoms with Crippen molar-refractivity contribution >= 4 is 35.3 Å². The molecule has 0 heterocycles. The minimum atomic E-state index is -1.07. The number of carboxylic acids is 1. The zero-order chi connectivity index (χ0) is 18.4. The Morgan fingerprint density at radius 2 is 2.00 bits per heavy atom. The average molecular weight is 361 g/mol. The molecule has 25 heavy (non-hydrogen) atoms. The smallest absolute Gasteiger partial charge is 0.313 e. The molecular formula is C17H12FNO5S. The Balaban J connectivity index is 2.12. The molecule has 6 nitrogen and oxygen atoms in total. The van der Waals surface area contributed by atoms with Crippen LogP contribution in [0.2, 0.25) is 0 Å². The summed E-state index contributed by atoms with van der Waals surface area (Å²) in [5.41, 5.74) is 0.468. The number of nitrogens with zero attached hydrogens (tertiary/aromatic N) is 1. The molecule has 0 radical (unpaired) electrons. The molecule has 0 amide bonds. The average Bonchev–Trinajstić information content (AvgIpc) is 2.58. The van der Waals surface area contributed by atoms with Gasteiger partial charge in [-0.15, -0.1) is 11.8 Å². The predicted octanol–water partition coefficient (Wildman–Crippen LogP) is 3.81. The van der Waals surface area contributed by atoms with Gasteiger partial charge in [-0.25, -0.2) is 4.39 Å². The van der Waals surface area contributed by atoms with Crippen molar-refractivity contribution in [1.82, 2.24) is 0 Å². The number of aliphatic carboxylic acids is 1. The van der Waals surface area contributed by atoms with Crippen LogP contribution in [0.25, 0.3) is 6.08 Å². The summed E-state index contributed by atoms with van der Waals surface area (Å²) in [6, 6.07) is 9.52. The Labute approximate surface area is 146 Å². The van der Waals surface area contributed by atoms with E-state index in [1.807, 2.05) is 0 Å². The number of carbonyl (C=O) groups excluding carboxylic acids is 1. The van der Waals surface area contributed by atoms with Crippen molar-refractivity contribution in [2.75, 3.05) is 5.75 Å². The van der Waals surface area contributed by atoms with Crippen LogP contribution in [0.4, 0.5) is 10.1 Å². The molecule has 2 aromatic rings. The van der Waals surface area contributed by atoms with E-state index in [-0.39, 0.29) is 21.9 Å². The molecular weight excluding hydrogens is 349 g/mol. The Morgan fingerprint density at radius 3 is 2.64 bits per heavy atom. The molecule has 0 aliphatic heterocycles. The highest BCUT2D eigenvalue weighted by Crippen LogP contribution is 2.23. The number of thioether (sulfide) groups is 1. The number of carbonyl (C=O) groups is 2. The van der Waals surface area contributed by atoms with Crippen LogP contribution < -0.4 is 0 Å². The number of ketones is 1. The van der Waals surface area contributed by atoms with E-state index in [4.69, 9.17) is 5.11 Å². The number of nitro groups is 1. The van der Waals surface area contributed by atoms with Crippen molar-refractivity contribution in [1.29, 1.82) is 0 Å². The third kappa shape index (κ3) is 5.25.